The molecule has 1 saturated carbocycles. The van der Waals surface area contributed by atoms with Gasteiger partial charge in [-0.1, -0.05) is 61.2 Å². The second-order valence-electron chi connectivity index (χ2n) is 8.62. The zero-order chi connectivity index (χ0) is 23.1. The van der Waals surface area contributed by atoms with Crippen molar-refractivity contribution in [3.8, 4) is 5.75 Å². The van der Waals surface area contributed by atoms with Crippen LogP contribution in [0.2, 0.25) is 5.02 Å². The number of amides is 2. The van der Waals surface area contributed by atoms with E-state index in [4.69, 9.17) is 16.3 Å². The van der Waals surface area contributed by atoms with Gasteiger partial charge in [-0.2, -0.15) is 0 Å². The summed E-state index contributed by atoms with van der Waals surface area (Å²) in [7, 11) is 0. The van der Waals surface area contributed by atoms with Crippen LogP contribution >= 0.6 is 11.6 Å². The summed E-state index contributed by atoms with van der Waals surface area (Å²) in [5, 5.41) is 3.81. The van der Waals surface area contributed by atoms with Crippen molar-refractivity contribution < 1.29 is 14.3 Å². The van der Waals surface area contributed by atoms with Crippen LogP contribution in [0.4, 0.5) is 0 Å². The summed E-state index contributed by atoms with van der Waals surface area (Å²) in [6, 6.07) is 13.0. The Morgan fingerprint density at radius 3 is 2.44 bits per heavy atom. The molecular weight excluding hydrogens is 424 g/mol. The fraction of sp³-hybridized carbons (Fsp3) is 0.462. The van der Waals surface area contributed by atoms with Crippen LogP contribution in [0.5, 0.6) is 5.75 Å². The number of carbonyl (C=O) groups is 2. The van der Waals surface area contributed by atoms with E-state index in [1.807, 2.05) is 51.1 Å². The van der Waals surface area contributed by atoms with Crippen molar-refractivity contribution in [2.24, 2.45) is 0 Å². The highest BCUT2D eigenvalue weighted by atomic mass is 35.5. The first-order chi connectivity index (χ1) is 15.4. The first-order valence-corrected chi connectivity index (χ1v) is 11.8. The van der Waals surface area contributed by atoms with Crippen LogP contribution in [0.25, 0.3) is 0 Å². The van der Waals surface area contributed by atoms with Gasteiger partial charge in [-0.25, -0.2) is 0 Å². The van der Waals surface area contributed by atoms with Crippen LogP contribution in [-0.4, -0.2) is 35.4 Å². The van der Waals surface area contributed by atoms with Gasteiger partial charge in [0.15, 0.2) is 6.61 Å². The fourth-order valence-electron chi connectivity index (χ4n) is 4.11. The zero-order valence-electron chi connectivity index (χ0n) is 19.2. The van der Waals surface area contributed by atoms with Crippen molar-refractivity contribution >= 4 is 23.4 Å². The Bertz CT molecular complexity index is 923. The van der Waals surface area contributed by atoms with Gasteiger partial charge < -0.3 is 15.0 Å². The van der Waals surface area contributed by atoms with Gasteiger partial charge in [0.2, 0.25) is 5.91 Å². The van der Waals surface area contributed by atoms with Crippen molar-refractivity contribution in [1.29, 1.82) is 0 Å². The number of nitrogens with zero attached hydrogens (tertiary/aromatic N) is 1. The molecule has 3 rings (SSSR count). The Hall–Kier alpha value is -2.53. The SMILES string of the molecule is CCC(C(=O)NC1CCCC1)N(Cc1ccc(C)cc1)C(=O)COc1ccc(Cl)c(C)c1. The first-order valence-electron chi connectivity index (χ1n) is 11.4. The van der Waals surface area contributed by atoms with E-state index in [1.165, 1.54) is 0 Å². The summed E-state index contributed by atoms with van der Waals surface area (Å²) in [5.41, 5.74) is 3.02. The quantitative estimate of drug-likeness (QED) is 0.564. The lowest BCUT2D eigenvalue weighted by molar-refractivity contribution is -0.143. The molecule has 32 heavy (non-hydrogen) atoms. The predicted octanol–water partition coefficient (Wildman–Crippen LogP) is 5.20. The van der Waals surface area contributed by atoms with Crippen molar-refractivity contribution in [2.75, 3.05) is 6.61 Å². The number of hydrogen-bond acceptors (Lipinski definition) is 3. The number of ether oxygens (including phenoxy) is 1. The van der Waals surface area contributed by atoms with Gasteiger partial charge in [0.25, 0.3) is 5.91 Å². The molecule has 1 fully saturated rings. The van der Waals surface area contributed by atoms with Gasteiger partial charge in [0, 0.05) is 17.6 Å². The number of carbonyl (C=O) groups excluding carboxylic acids is 2. The van der Waals surface area contributed by atoms with Gasteiger partial charge in [-0.3, -0.25) is 9.59 Å². The van der Waals surface area contributed by atoms with Gasteiger partial charge in [0.05, 0.1) is 0 Å². The number of nitrogens with one attached hydrogen (secondary N) is 1. The molecule has 0 heterocycles. The Labute approximate surface area is 196 Å². The molecule has 0 aromatic heterocycles. The standard InChI is InChI=1S/C26H33ClN2O3/c1-4-24(26(31)28-21-7-5-6-8-21)29(16-20-11-9-18(2)10-12-20)25(30)17-32-22-13-14-23(27)19(3)15-22/h9-15,21,24H,4-8,16-17H2,1-3H3,(H,28,31). The molecule has 172 valence electrons. The summed E-state index contributed by atoms with van der Waals surface area (Å²) >= 11 is 6.08. The summed E-state index contributed by atoms with van der Waals surface area (Å²) in [6.45, 7) is 6.08. The van der Waals surface area contributed by atoms with Crippen LogP contribution in [0.3, 0.4) is 0 Å². The maximum Gasteiger partial charge on any atom is 0.261 e. The predicted molar refractivity (Wildman–Crippen MR) is 128 cm³/mol. The van der Waals surface area contributed by atoms with Crippen LogP contribution < -0.4 is 10.1 Å². The second-order valence-corrected chi connectivity index (χ2v) is 9.03. The molecule has 0 radical (unpaired) electrons. The zero-order valence-corrected chi connectivity index (χ0v) is 20.0. The van der Waals surface area contributed by atoms with E-state index in [0.717, 1.165) is 42.4 Å². The van der Waals surface area contributed by atoms with Gasteiger partial charge in [0.1, 0.15) is 11.8 Å². The lowest BCUT2D eigenvalue weighted by Gasteiger charge is -2.31. The van der Waals surface area contributed by atoms with Crippen LogP contribution in [0.1, 0.15) is 55.7 Å². The normalized spacial score (nSPS) is 14.8. The third kappa shape index (κ3) is 6.49. The fourth-order valence-corrected chi connectivity index (χ4v) is 4.23. The first kappa shape index (κ1) is 24.1. The topological polar surface area (TPSA) is 58.6 Å². The Balaban J connectivity index is 1.75. The second kappa shape index (κ2) is 11.4. The third-order valence-electron chi connectivity index (χ3n) is 6.05. The molecule has 0 spiro atoms. The summed E-state index contributed by atoms with van der Waals surface area (Å²) < 4.78 is 5.77. The Kier molecular flexibility index (Phi) is 8.57. The lowest BCUT2D eigenvalue weighted by atomic mass is 10.1. The van der Waals surface area contributed by atoms with Crippen LogP contribution in [-0.2, 0) is 16.1 Å². The largest absolute Gasteiger partial charge is 0.484 e. The number of benzene rings is 2. The lowest BCUT2D eigenvalue weighted by Crippen LogP contribution is -2.52. The maximum absolute atomic E-state index is 13.3. The molecule has 0 bridgehead atoms. The molecule has 1 aliphatic carbocycles. The summed E-state index contributed by atoms with van der Waals surface area (Å²) in [6.07, 6.45) is 4.83. The molecule has 6 heteroatoms. The van der Waals surface area contributed by atoms with E-state index in [2.05, 4.69) is 5.32 Å². The van der Waals surface area contributed by atoms with Crippen LogP contribution in [0.15, 0.2) is 42.5 Å². The number of aryl methyl sites for hydroxylation is 2. The van der Waals surface area contributed by atoms with E-state index in [-0.39, 0.29) is 24.5 Å². The smallest absolute Gasteiger partial charge is 0.261 e. The maximum atomic E-state index is 13.3. The molecule has 1 N–H and O–H groups in total. The molecule has 1 aliphatic rings. The van der Waals surface area contributed by atoms with Crippen molar-refractivity contribution in [2.45, 2.75) is 71.5 Å². The van der Waals surface area contributed by atoms with Crippen molar-refractivity contribution in [3.05, 3.63) is 64.2 Å². The molecule has 2 aromatic rings. The molecule has 5 nitrogen and oxygen atoms in total. The van der Waals surface area contributed by atoms with Crippen molar-refractivity contribution in [3.63, 3.8) is 0 Å². The molecule has 1 atom stereocenters. The Morgan fingerprint density at radius 2 is 1.81 bits per heavy atom. The minimum absolute atomic E-state index is 0.0813. The molecule has 2 amide bonds. The van der Waals surface area contributed by atoms with Gasteiger partial charge in [-0.05, 0) is 62.4 Å². The van der Waals surface area contributed by atoms with Crippen LogP contribution in [0, 0.1) is 13.8 Å². The number of halogens is 1. The highest BCUT2D eigenvalue weighted by Gasteiger charge is 2.30. The third-order valence-corrected chi connectivity index (χ3v) is 6.48. The highest BCUT2D eigenvalue weighted by Crippen LogP contribution is 2.22. The molecule has 0 aliphatic heterocycles. The monoisotopic (exact) mass is 456 g/mol. The summed E-state index contributed by atoms with van der Waals surface area (Å²) in [5.74, 6) is 0.285. The molecule has 1 unspecified atom stereocenters. The minimum Gasteiger partial charge on any atom is -0.484 e. The van der Waals surface area contributed by atoms with E-state index in [9.17, 15) is 9.59 Å². The average Bonchev–Trinajstić information content (AvgIpc) is 3.28. The van der Waals surface area contributed by atoms with E-state index < -0.39 is 6.04 Å². The average molecular weight is 457 g/mol. The molecule has 2 aromatic carbocycles. The van der Waals surface area contributed by atoms with Gasteiger partial charge >= 0.3 is 0 Å². The highest BCUT2D eigenvalue weighted by molar-refractivity contribution is 6.31. The number of hydrogen-bond donors (Lipinski definition) is 1. The Morgan fingerprint density at radius 1 is 1.12 bits per heavy atom. The van der Waals surface area contributed by atoms with E-state index in [1.54, 1.807) is 17.0 Å². The molecular formula is C26H33ClN2O3. The number of rotatable bonds is 9. The van der Waals surface area contributed by atoms with Crippen molar-refractivity contribution in [1.82, 2.24) is 10.2 Å². The molecule has 0 saturated heterocycles. The van der Waals surface area contributed by atoms with Gasteiger partial charge in [-0.15, -0.1) is 0 Å². The van der Waals surface area contributed by atoms with E-state index >= 15 is 0 Å². The van der Waals surface area contributed by atoms with E-state index in [0.29, 0.717) is 23.7 Å². The summed E-state index contributed by atoms with van der Waals surface area (Å²) in [4.78, 5) is 28.0. The minimum atomic E-state index is -0.542.